The normalized spacial score (nSPS) is 12.2. The van der Waals surface area contributed by atoms with Gasteiger partial charge in [-0.15, -0.1) is 0 Å². The maximum absolute atomic E-state index is 9.93. The third-order valence-electron chi connectivity index (χ3n) is 5.11. The van der Waals surface area contributed by atoms with Crippen molar-refractivity contribution in [1.29, 1.82) is 0 Å². The first-order valence-electron chi connectivity index (χ1n) is 11.5. The van der Waals surface area contributed by atoms with E-state index < -0.39 is 6.10 Å². The maximum Gasteiger partial charge on any atom is 0.115 e. The van der Waals surface area contributed by atoms with Gasteiger partial charge in [-0.25, -0.2) is 0 Å². The molecule has 4 nitrogen and oxygen atoms in total. The van der Waals surface area contributed by atoms with Crippen LogP contribution in [0.1, 0.15) is 90.4 Å². The van der Waals surface area contributed by atoms with Gasteiger partial charge in [-0.2, -0.15) is 0 Å². The van der Waals surface area contributed by atoms with E-state index in [1.807, 2.05) is 0 Å². The first-order valence-corrected chi connectivity index (χ1v) is 11.5. The second kappa shape index (κ2) is 17.8. The van der Waals surface area contributed by atoms with E-state index in [4.69, 9.17) is 4.74 Å². The van der Waals surface area contributed by atoms with Crippen molar-refractivity contribution in [1.82, 2.24) is 0 Å². The Morgan fingerprint density at radius 2 is 1.29 bits per heavy atom. The van der Waals surface area contributed by atoms with Crippen LogP contribution in [0.2, 0.25) is 0 Å². The molecule has 162 valence electrons. The van der Waals surface area contributed by atoms with E-state index in [9.17, 15) is 10.2 Å². The highest BCUT2D eigenvalue weighted by molar-refractivity contribution is 5.45. The van der Waals surface area contributed by atoms with Crippen LogP contribution in [0.3, 0.4) is 0 Å². The zero-order valence-electron chi connectivity index (χ0n) is 18.0. The van der Waals surface area contributed by atoms with Gasteiger partial charge in [0.25, 0.3) is 0 Å². The SMILES string of the molecule is CCCCCCCCCCCCCCCOCC(O)CNc1ccc(O)cc1. The zero-order valence-corrected chi connectivity index (χ0v) is 18.0. The Balaban J connectivity index is 1.79. The first kappa shape index (κ1) is 24.8. The predicted molar refractivity (Wildman–Crippen MR) is 119 cm³/mol. The van der Waals surface area contributed by atoms with Gasteiger partial charge in [0.15, 0.2) is 0 Å². The second-order valence-corrected chi connectivity index (χ2v) is 7.90. The number of nitrogens with one attached hydrogen (secondary N) is 1. The fraction of sp³-hybridized carbons (Fsp3) is 0.750. The summed E-state index contributed by atoms with van der Waals surface area (Å²) in [5.74, 6) is 0.243. The van der Waals surface area contributed by atoms with Gasteiger partial charge in [0, 0.05) is 18.8 Å². The quantitative estimate of drug-likeness (QED) is 0.191. The molecular formula is C24H43NO3. The Morgan fingerprint density at radius 1 is 0.786 bits per heavy atom. The van der Waals surface area contributed by atoms with Crippen molar-refractivity contribution < 1.29 is 14.9 Å². The van der Waals surface area contributed by atoms with Crippen LogP contribution in [0, 0.1) is 0 Å². The van der Waals surface area contributed by atoms with Crippen LogP contribution in [-0.2, 0) is 4.74 Å². The average Bonchev–Trinajstić information content (AvgIpc) is 2.70. The number of hydrogen-bond donors (Lipinski definition) is 3. The number of aromatic hydroxyl groups is 1. The van der Waals surface area contributed by atoms with Crippen molar-refractivity contribution in [2.75, 3.05) is 25.1 Å². The van der Waals surface area contributed by atoms with E-state index in [-0.39, 0.29) is 5.75 Å². The minimum Gasteiger partial charge on any atom is -0.508 e. The van der Waals surface area contributed by atoms with Crippen LogP contribution in [0.4, 0.5) is 5.69 Å². The van der Waals surface area contributed by atoms with Crippen molar-refractivity contribution in [3.05, 3.63) is 24.3 Å². The van der Waals surface area contributed by atoms with Crippen molar-refractivity contribution in [3.8, 4) is 5.75 Å². The standard InChI is InChI=1S/C24H43NO3/c1-2-3-4-5-6-7-8-9-10-11-12-13-14-19-28-21-24(27)20-25-22-15-17-23(26)18-16-22/h15-18,24-27H,2-14,19-21H2,1H3. The zero-order chi connectivity index (χ0) is 20.3. The van der Waals surface area contributed by atoms with Gasteiger partial charge in [-0.3, -0.25) is 0 Å². The molecule has 0 bridgehead atoms. The molecule has 0 spiro atoms. The van der Waals surface area contributed by atoms with E-state index in [2.05, 4.69) is 12.2 Å². The average molecular weight is 394 g/mol. The van der Waals surface area contributed by atoms with Gasteiger partial charge in [0.05, 0.1) is 12.7 Å². The Labute approximate surface area is 172 Å². The van der Waals surface area contributed by atoms with E-state index >= 15 is 0 Å². The largest absolute Gasteiger partial charge is 0.508 e. The summed E-state index contributed by atoms with van der Waals surface area (Å²) in [6, 6.07) is 6.83. The smallest absolute Gasteiger partial charge is 0.115 e. The number of aliphatic hydroxyl groups excluding tert-OH is 1. The monoisotopic (exact) mass is 393 g/mol. The van der Waals surface area contributed by atoms with Crippen molar-refractivity contribution in [2.45, 2.75) is 96.5 Å². The molecule has 0 aliphatic rings. The van der Waals surface area contributed by atoms with E-state index in [1.54, 1.807) is 24.3 Å². The topological polar surface area (TPSA) is 61.7 Å². The fourth-order valence-corrected chi connectivity index (χ4v) is 3.32. The van der Waals surface area contributed by atoms with Crippen LogP contribution in [0.15, 0.2) is 24.3 Å². The fourth-order valence-electron chi connectivity index (χ4n) is 3.32. The Hall–Kier alpha value is -1.26. The molecule has 1 rings (SSSR count). The maximum atomic E-state index is 9.93. The summed E-state index contributed by atoms with van der Waals surface area (Å²) in [7, 11) is 0. The lowest BCUT2D eigenvalue weighted by atomic mass is 10.0. The van der Waals surface area contributed by atoms with Crippen molar-refractivity contribution in [2.24, 2.45) is 0 Å². The second-order valence-electron chi connectivity index (χ2n) is 7.90. The molecule has 0 radical (unpaired) electrons. The number of rotatable bonds is 19. The number of aliphatic hydroxyl groups is 1. The minimum absolute atomic E-state index is 0.243. The van der Waals surface area contributed by atoms with Gasteiger partial charge in [-0.1, -0.05) is 84.0 Å². The van der Waals surface area contributed by atoms with E-state index in [0.29, 0.717) is 13.2 Å². The van der Waals surface area contributed by atoms with Gasteiger partial charge in [0.2, 0.25) is 0 Å². The molecule has 0 fully saturated rings. The summed E-state index contributed by atoms with van der Waals surface area (Å²) in [5, 5.41) is 22.3. The van der Waals surface area contributed by atoms with Gasteiger partial charge >= 0.3 is 0 Å². The number of hydrogen-bond acceptors (Lipinski definition) is 4. The molecule has 1 aromatic rings. The lowest BCUT2D eigenvalue weighted by molar-refractivity contribution is 0.0416. The lowest BCUT2D eigenvalue weighted by Gasteiger charge is -2.13. The van der Waals surface area contributed by atoms with Gasteiger partial charge in [-0.05, 0) is 30.7 Å². The minimum atomic E-state index is -0.518. The molecule has 0 saturated heterocycles. The van der Waals surface area contributed by atoms with Crippen LogP contribution in [0.5, 0.6) is 5.75 Å². The van der Waals surface area contributed by atoms with E-state index in [1.165, 1.54) is 77.0 Å². The molecule has 4 heteroatoms. The van der Waals surface area contributed by atoms with Crippen molar-refractivity contribution in [3.63, 3.8) is 0 Å². The highest BCUT2D eigenvalue weighted by Crippen LogP contribution is 2.14. The summed E-state index contributed by atoms with van der Waals surface area (Å²) in [5.41, 5.74) is 0.883. The number of phenols is 1. The molecule has 0 aliphatic heterocycles. The molecular weight excluding hydrogens is 350 g/mol. The molecule has 0 aromatic heterocycles. The molecule has 0 saturated carbocycles. The first-order chi connectivity index (χ1) is 13.7. The number of anilines is 1. The third kappa shape index (κ3) is 14.8. The summed E-state index contributed by atoms with van der Waals surface area (Å²) >= 11 is 0. The molecule has 3 N–H and O–H groups in total. The highest BCUT2D eigenvalue weighted by Gasteiger charge is 2.04. The number of ether oxygens (including phenoxy) is 1. The summed E-state index contributed by atoms with van der Waals surface area (Å²) in [6.07, 6.45) is 17.0. The number of benzene rings is 1. The number of phenolic OH excluding ortho intramolecular Hbond substituents is 1. The molecule has 0 amide bonds. The number of unbranched alkanes of at least 4 members (excludes halogenated alkanes) is 12. The van der Waals surface area contributed by atoms with Crippen LogP contribution < -0.4 is 5.32 Å². The van der Waals surface area contributed by atoms with Crippen LogP contribution >= 0.6 is 0 Å². The molecule has 0 aliphatic carbocycles. The predicted octanol–water partition coefficient (Wildman–Crippen LogP) is 6.27. The third-order valence-corrected chi connectivity index (χ3v) is 5.11. The summed E-state index contributed by atoms with van der Waals surface area (Å²) in [6.45, 7) is 3.81. The molecule has 0 heterocycles. The summed E-state index contributed by atoms with van der Waals surface area (Å²) < 4.78 is 5.57. The Morgan fingerprint density at radius 3 is 1.82 bits per heavy atom. The lowest BCUT2D eigenvalue weighted by Crippen LogP contribution is -2.25. The summed E-state index contributed by atoms with van der Waals surface area (Å²) in [4.78, 5) is 0. The highest BCUT2D eigenvalue weighted by atomic mass is 16.5. The van der Waals surface area contributed by atoms with Crippen LogP contribution in [-0.4, -0.2) is 36.1 Å². The molecule has 28 heavy (non-hydrogen) atoms. The molecule has 1 atom stereocenters. The molecule has 1 aromatic carbocycles. The Kier molecular flexibility index (Phi) is 15.8. The van der Waals surface area contributed by atoms with E-state index in [0.717, 1.165) is 18.7 Å². The van der Waals surface area contributed by atoms with Gasteiger partial charge < -0.3 is 20.3 Å². The molecule has 1 unspecified atom stereocenters. The van der Waals surface area contributed by atoms with Crippen molar-refractivity contribution >= 4 is 5.69 Å². The van der Waals surface area contributed by atoms with Crippen LogP contribution in [0.25, 0.3) is 0 Å². The van der Waals surface area contributed by atoms with Gasteiger partial charge in [0.1, 0.15) is 5.75 Å². The Bertz CT molecular complexity index is 450.